The highest BCUT2D eigenvalue weighted by Crippen LogP contribution is 2.10. The molecular weight excluding hydrogens is 310 g/mol. The van der Waals surface area contributed by atoms with E-state index in [1.807, 2.05) is 30.3 Å². The Morgan fingerprint density at radius 1 is 1.33 bits per heavy atom. The number of nitrogens with one attached hydrogen (secondary N) is 1. The van der Waals surface area contributed by atoms with Crippen LogP contribution < -0.4 is 5.32 Å². The zero-order valence-corrected chi connectivity index (χ0v) is 13.4. The van der Waals surface area contributed by atoms with Crippen molar-refractivity contribution in [3.05, 3.63) is 42.5 Å². The second-order valence-electron chi connectivity index (χ2n) is 5.47. The van der Waals surface area contributed by atoms with Crippen LogP contribution in [0.5, 0.6) is 0 Å². The Morgan fingerprint density at radius 2 is 2.12 bits per heavy atom. The average molecular weight is 329 g/mol. The molecule has 2 heterocycles. The fraction of sp³-hybridized carbons (Fsp3) is 0.375. The van der Waals surface area contributed by atoms with Crippen LogP contribution >= 0.6 is 0 Å². The molecule has 2 amide bonds. The number of aromatic nitrogens is 3. The minimum atomic E-state index is -0.607. The molecule has 0 radical (unpaired) electrons. The molecule has 0 saturated carbocycles. The molecule has 1 unspecified atom stereocenters. The summed E-state index contributed by atoms with van der Waals surface area (Å²) in [7, 11) is 0. The Hall–Kier alpha value is -2.74. The highest BCUT2D eigenvalue weighted by Gasteiger charge is 2.31. The maximum Gasteiger partial charge on any atom is 0.245 e. The highest BCUT2D eigenvalue weighted by molar-refractivity contribution is 5.87. The van der Waals surface area contributed by atoms with Crippen molar-refractivity contribution in [3.8, 4) is 5.69 Å². The predicted molar refractivity (Wildman–Crippen MR) is 85.2 cm³/mol. The van der Waals surface area contributed by atoms with Crippen molar-refractivity contribution in [2.75, 3.05) is 19.8 Å². The number of amides is 2. The smallest absolute Gasteiger partial charge is 0.245 e. The van der Waals surface area contributed by atoms with Crippen molar-refractivity contribution in [1.29, 1.82) is 0 Å². The number of ether oxygens (including phenoxy) is 1. The predicted octanol–water partition coefficient (Wildman–Crippen LogP) is 0.131. The van der Waals surface area contributed by atoms with Gasteiger partial charge in [-0.15, -0.1) is 10.2 Å². The number of para-hydroxylation sites is 1. The minimum absolute atomic E-state index is 0.133. The standard InChI is InChI=1S/C16H19N5O3/c1-12(22)20-7-8-24-10-14(20)16(23)17-9-15-19-18-11-21(15)13-5-3-2-4-6-13/h2-6,11,14H,7-10H2,1H3,(H,17,23). The van der Waals surface area contributed by atoms with Crippen molar-refractivity contribution in [3.63, 3.8) is 0 Å². The van der Waals surface area contributed by atoms with Crippen LogP contribution in [-0.2, 0) is 20.9 Å². The molecule has 1 saturated heterocycles. The first-order valence-electron chi connectivity index (χ1n) is 7.74. The van der Waals surface area contributed by atoms with E-state index < -0.39 is 6.04 Å². The van der Waals surface area contributed by atoms with Gasteiger partial charge in [0.25, 0.3) is 0 Å². The van der Waals surface area contributed by atoms with Gasteiger partial charge in [-0.1, -0.05) is 18.2 Å². The quantitative estimate of drug-likeness (QED) is 0.861. The van der Waals surface area contributed by atoms with E-state index in [4.69, 9.17) is 4.74 Å². The minimum Gasteiger partial charge on any atom is -0.377 e. The average Bonchev–Trinajstić information content (AvgIpc) is 3.09. The molecule has 1 aliphatic heterocycles. The number of rotatable bonds is 4. The summed E-state index contributed by atoms with van der Waals surface area (Å²) in [5.41, 5.74) is 0.915. The number of carbonyl (C=O) groups is 2. The molecule has 2 aromatic rings. The molecule has 8 heteroatoms. The van der Waals surface area contributed by atoms with Crippen LogP contribution in [0.1, 0.15) is 12.7 Å². The van der Waals surface area contributed by atoms with Gasteiger partial charge in [-0.3, -0.25) is 14.2 Å². The topological polar surface area (TPSA) is 89.3 Å². The van der Waals surface area contributed by atoms with Gasteiger partial charge in [-0.25, -0.2) is 0 Å². The van der Waals surface area contributed by atoms with Crippen LogP contribution in [0.4, 0.5) is 0 Å². The molecule has 3 rings (SSSR count). The zero-order valence-electron chi connectivity index (χ0n) is 13.4. The molecule has 1 N–H and O–H groups in total. The van der Waals surface area contributed by atoms with Crippen molar-refractivity contribution in [2.24, 2.45) is 0 Å². The SMILES string of the molecule is CC(=O)N1CCOCC1C(=O)NCc1nncn1-c1ccccc1. The van der Waals surface area contributed by atoms with Gasteiger partial charge in [0.1, 0.15) is 12.4 Å². The zero-order chi connectivity index (χ0) is 16.9. The van der Waals surface area contributed by atoms with Gasteiger partial charge in [-0.05, 0) is 12.1 Å². The van der Waals surface area contributed by atoms with Gasteiger partial charge in [0.2, 0.25) is 11.8 Å². The van der Waals surface area contributed by atoms with Crippen molar-refractivity contribution < 1.29 is 14.3 Å². The molecule has 0 aliphatic carbocycles. The Morgan fingerprint density at radius 3 is 2.88 bits per heavy atom. The van der Waals surface area contributed by atoms with Crippen LogP contribution in [-0.4, -0.2) is 57.3 Å². The van der Waals surface area contributed by atoms with E-state index in [9.17, 15) is 9.59 Å². The van der Waals surface area contributed by atoms with E-state index in [-0.39, 0.29) is 25.0 Å². The fourth-order valence-electron chi connectivity index (χ4n) is 2.67. The summed E-state index contributed by atoms with van der Waals surface area (Å²) in [5.74, 6) is 0.221. The lowest BCUT2D eigenvalue weighted by Gasteiger charge is -2.33. The second kappa shape index (κ2) is 7.22. The molecule has 24 heavy (non-hydrogen) atoms. The molecule has 1 aromatic heterocycles. The molecule has 1 fully saturated rings. The van der Waals surface area contributed by atoms with Gasteiger partial charge in [0, 0.05) is 19.2 Å². The normalized spacial score (nSPS) is 17.5. The van der Waals surface area contributed by atoms with E-state index >= 15 is 0 Å². The summed E-state index contributed by atoms with van der Waals surface area (Å²) < 4.78 is 7.13. The summed E-state index contributed by atoms with van der Waals surface area (Å²) >= 11 is 0. The third-order valence-corrected chi connectivity index (χ3v) is 3.91. The first kappa shape index (κ1) is 16.1. The third kappa shape index (κ3) is 3.43. The van der Waals surface area contributed by atoms with Gasteiger partial charge < -0.3 is 15.0 Å². The molecule has 1 aromatic carbocycles. The molecule has 8 nitrogen and oxygen atoms in total. The molecule has 0 spiro atoms. The van der Waals surface area contributed by atoms with Crippen LogP contribution in [0.2, 0.25) is 0 Å². The number of hydrogen-bond donors (Lipinski definition) is 1. The lowest BCUT2D eigenvalue weighted by Crippen LogP contribution is -2.55. The molecular formula is C16H19N5O3. The van der Waals surface area contributed by atoms with Crippen molar-refractivity contribution >= 4 is 11.8 Å². The lowest BCUT2D eigenvalue weighted by atomic mass is 10.2. The van der Waals surface area contributed by atoms with E-state index in [2.05, 4.69) is 15.5 Å². The Bertz CT molecular complexity index is 716. The summed E-state index contributed by atoms with van der Waals surface area (Å²) in [6, 6.07) is 9.02. The Labute approximate surface area is 139 Å². The van der Waals surface area contributed by atoms with Gasteiger partial charge in [0.15, 0.2) is 5.82 Å². The monoisotopic (exact) mass is 329 g/mol. The van der Waals surface area contributed by atoms with Gasteiger partial charge in [-0.2, -0.15) is 0 Å². The first-order valence-corrected chi connectivity index (χ1v) is 7.74. The van der Waals surface area contributed by atoms with E-state index in [1.165, 1.54) is 11.8 Å². The number of carbonyl (C=O) groups excluding carboxylic acids is 2. The van der Waals surface area contributed by atoms with E-state index in [0.29, 0.717) is 19.0 Å². The van der Waals surface area contributed by atoms with E-state index in [0.717, 1.165) is 5.69 Å². The van der Waals surface area contributed by atoms with Crippen LogP contribution in [0.25, 0.3) is 5.69 Å². The number of benzene rings is 1. The second-order valence-corrected chi connectivity index (χ2v) is 5.47. The largest absolute Gasteiger partial charge is 0.377 e. The maximum absolute atomic E-state index is 12.4. The van der Waals surface area contributed by atoms with E-state index in [1.54, 1.807) is 10.9 Å². The Balaban J connectivity index is 1.67. The Kier molecular flexibility index (Phi) is 4.85. The molecule has 0 bridgehead atoms. The summed E-state index contributed by atoms with van der Waals surface area (Å²) in [6.07, 6.45) is 1.60. The van der Waals surface area contributed by atoms with Crippen molar-refractivity contribution in [1.82, 2.24) is 25.0 Å². The third-order valence-electron chi connectivity index (χ3n) is 3.91. The summed E-state index contributed by atoms with van der Waals surface area (Å²) in [4.78, 5) is 25.6. The first-order chi connectivity index (χ1) is 11.7. The van der Waals surface area contributed by atoms with Gasteiger partial charge in [0.05, 0.1) is 19.8 Å². The van der Waals surface area contributed by atoms with Crippen LogP contribution in [0.3, 0.4) is 0 Å². The summed E-state index contributed by atoms with van der Waals surface area (Å²) in [6.45, 7) is 2.75. The maximum atomic E-state index is 12.4. The summed E-state index contributed by atoms with van der Waals surface area (Å²) in [5, 5.41) is 10.8. The fourth-order valence-corrected chi connectivity index (χ4v) is 2.67. The lowest BCUT2D eigenvalue weighted by molar-refractivity contribution is -0.147. The number of morpholine rings is 1. The number of nitrogens with zero attached hydrogens (tertiary/aromatic N) is 4. The molecule has 1 atom stereocenters. The van der Waals surface area contributed by atoms with Gasteiger partial charge >= 0.3 is 0 Å². The number of hydrogen-bond acceptors (Lipinski definition) is 5. The molecule has 1 aliphatic rings. The molecule has 126 valence electrons. The van der Waals surface area contributed by atoms with Crippen molar-refractivity contribution in [2.45, 2.75) is 19.5 Å². The highest BCUT2D eigenvalue weighted by atomic mass is 16.5. The van der Waals surface area contributed by atoms with Crippen LogP contribution in [0, 0.1) is 0 Å². The van der Waals surface area contributed by atoms with Crippen LogP contribution in [0.15, 0.2) is 36.7 Å².